The average molecular weight is 383 g/mol. The number of amides is 1. The van der Waals surface area contributed by atoms with E-state index < -0.39 is 12.1 Å². The molecule has 0 heterocycles. The van der Waals surface area contributed by atoms with Crippen molar-refractivity contribution in [1.29, 1.82) is 0 Å². The molecule has 0 bridgehead atoms. The van der Waals surface area contributed by atoms with Crippen molar-refractivity contribution in [2.24, 2.45) is 0 Å². The zero-order valence-electron chi connectivity index (χ0n) is 15.4. The molecule has 0 unspecified atom stereocenters. The number of hydrogen-bond acceptors (Lipinski definition) is 5. The summed E-state index contributed by atoms with van der Waals surface area (Å²) in [4.78, 5) is 36.5. The Labute approximate surface area is 162 Å². The molecule has 0 aromatic heterocycles. The summed E-state index contributed by atoms with van der Waals surface area (Å²) in [6, 6.07) is 14.2. The molecule has 2 rings (SSSR count). The summed E-state index contributed by atoms with van der Waals surface area (Å²) >= 11 is 1.64. The van der Waals surface area contributed by atoms with Gasteiger partial charge in [-0.05, 0) is 61.2 Å². The maximum Gasteiger partial charge on any atom is 0.331 e. The normalized spacial score (nSPS) is 11.8. The topological polar surface area (TPSA) is 72.5 Å². The van der Waals surface area contributed by atoms with Gasteiger partial charge in [0.05, 0.1) is 0 Å². The molecule has 0 aliphatic heterocycles. The van der Waals surface area contributed by atoms with Crippen molar-refractivity contribution in [3.05, 3.63) is 65.7 Å². The second kappa shape index (κ2) is 9.73. The van der Waals surface area contributed by atoms with Crippen LogP contribution in [0.2, 0.25) is 0 Å². The SMILES string of the molecule is CSc1ccc(/C=C/C(=O)O[C@H](C)C(=O)c2ccc(NC(C)=O)cc2)cc1. The quantitative estimate of drug-likeness (QED) is 0.336. The zero-order valence-corrected chi connectivity index (χ0v) is 16.2. The van der Waals surface area contributed by atoms with Gasteiger partial charge in [-0.1, -0.05) is 12.1 Å². The number of hydrogen-bond donors (Lipinski definition) is 1. The van der Waals surface area contributed by atoms with Gasteiger partial charge in [0.1, 0.15) is 0 Å². The molecule has 140 valence electrons. The van der Waals surface area contributed by atoms with E-state index >= 15 is 0 Å². The van der Waals surface area contributed by atoms with E-state index in [1.807, 2.05) is 30.5 Å². The molecular formula is C21H21NO4S. The summed E-state index contributed by atoms with van der Waals surface area (Å²) in [5, 5.41) is 2.63. The molecule has 2 aromatic rings. The van der Waals surface area contributed by atoms with Crippen LogP contribution in [-0.2, 0) is 14.3 Å². The largest absolute Gasteiger partial charge is 0.451 e. The fraction of sp³-hybridized carbons (Fsp3) is 0.190. The molecule has 0 aliphatic carbocycles. The first-order valence-corrected chi connectivity index (χ1v) is 9.56. The highest BCUT2D eigenvalue weighted by atomic mass is 32.2. The predicted molar refractivity (Wildman–Crippen MR) is 108 cm³/mol. The lowest BCUT2D eigenvalue weighted by molar-refractivity contribution is -0.140. The van der Waals surface area contributed by atoms with E-state index in [1.54, 1.807) is 42.1 Å². The van der Waals surface area contributed by atoms with Gasteiger partial charge in [0.25, 0.3) is 0 Å². The van der Waals surface area contributed by atoms with E-state index in [1.165, 1.54) is 19.9 Å². The van der Waals surface area contributed by atoms with E-state index in [0.717, 1.165) is 10.5 Å². The molecule has 27 heavy (non-hydrogen) atoms. The molecule has 1 N–H and O–H groups in total. The Bertz CT molecular complexity index is 841. The van der Waals surface area contributed by atoms with Gasteiger partial charge in [-0.25, -0.2) is 4.79 Å². The molecule has 0 saturated carbocycles. The van der Waals surface area contributed by atoms with Gasteiger partial charge in [-0.15, -0.1) is 11.8 Å². The minimum Gasteiger partial charge on any atom is -0.451 e. The number of anilines is 1. The predicted octanol–water partition coefficient (Wildman–Crippen LogP) is 4.19. The standard InChI is InChI=1S/C21H21NO4S/c1-14(21(25)17-7-9-18(10-8-17)22-15(2)23)26-20(24)13-6-16-4-11-19(27-3)12-5-16/h4-14H,1-3H3,(H,22,23)/b13-6+/t14-/m1/s1. The average Bonchev–Trinajstić information content (AvgIpc) is 2.66. The van der Waals surface area contributed by atoms with Crippen molar-refractivity contribution in [2.75, 3.05) is 11.6 Å². The van der Waals surface area contributed by atoms with Crippen LogP contribution >= 0.6 is 11.8 Å². The summed E-state index contributed by atoms with van der Waals surface area (Å²) < 4.78 is 5.18. The highest BCUT2D eigenvalue weighted by molar-refractivity contribution is 7.98. The van der Waals surface area contributed by atoms with Crippen LogP contribution in [0.4, 0.5) is 5.69 Å². The van der Waals surface area contributed by atoms with Crippen molar-refractivity contribution >= 4 is 41.2 Å². The first kappa shape index (κ1) is 20.5. The Morgan fingerprint density at radius 1 is 1.04 bits per heavy atom. The number of esters is 1. The third kappa shape index (κ3) is 6.42. The van der Waals surface area contributed by atoms with Gasteiger partial charge in [0, 0.05) is 29.1 Å². The molecule has 0 aliphatic rings. The fourth-order valence-corrected chi connectivity index (χ4v) is 2.71. The summed E-state index contributed by atoms with van der Waals surface area (Å²) in [6.45, 7) is 2.94. The van der Waals surface area contributed by atoms with Crippen LogP contribution in [0.15, 0.2) is 59.5 Å². The molecule has 5 nitrogen and oxygen atoms in total. The van der Waals surface area contributed by atoms with Gasteiger partial charge in [-0.2, -0.15) is 0 Å². The lowest BCUT2D eigenvalue weighted by Crippen LogP contribution is -2.23. The minimum atomic E-state index is -0.910. The van der Waals surface area contributed by atoms with Crippen LogP contribution in [0.25, 0.3) is 6.08 Å². The highest BCUT2D eigenvalue weighted by Gasteiger charge is 2.18. The van der Waals surface area contributed by atoms with E-state index in [0.29, 0.717) is 11.3 Å². The third-order valence-corrected chi connectivity index (χ3v) is 4.42. The van der Waals surface area contributed by atoms with Crippen molar-refractivity contribution in [3.8, 4) is 0 Å². The monoisotopic (exact) mass is 383 g/mol. The number of rotatable bonds is 7. The lowest BCUT2D eigenvalue weighted by atomic mass is 10.1. The van der Waals surface area contributed by atoms with Crippen molar-refractivity contribution in [3.63, 3.8) is 0 Å². The fourth-order valence-electron chi connectivity index (χ4n) is 2.30. The summed E-state index contributed by atoms with van der Waals surface area (Å²) in [7, 11) is 0. The Morgan fingerprint density at radius 2 is 1.67 bits per heavy atom. The second-order valence-electron chi connectivity index (χ2n) is 5.81. The zero-order chi connectivity index (χ0) is 19.8. The Morgan fingerprint density at radius 3 is 2.22 bits per heavy atom. The van der Waals surface area contributed by atoms with Crippen molar-refractivity contribution in [1.82, 2.24) is 0 Å². The molecule has 0 fully saturated rings. The summed E-state index contributed by atoms with van der Waals surface area (Å²) in [5.74, 6) is -1.08. The first-order chi connectivity index (χ1) is 12.9. The molecule has 0 saturated heterocycles. The van der Waals surface area contributed by atoms with Crippen LogP contribution in [0, 0.1) is 0 Å². The van der Waals surface area contributed by atoms with Crippen LogP contribution in [0.5, 0.6) is 0 Å². The van der Waals surface area contributed by atoms with Gasteiger partial charge < -0.3 is 10.1 Å². The number of nitrogens with one attached hydrogen (secondary N) is 1. The number of carbonyl (C=O) groups excluding carboxylic acids is 3. The molecule has 1 atom stereocenters. The maximum atomic E-state index is 12.4. The summed E-state index contributed by atoms with van der Waals surface area (Å²) in [5.41, 5.74) is 1.87. The Balaban J connectivity index is 1.93. The molecule has 0 spiro atoms. The van der Waals surface area contributed by atoms with Crippen LogP contribution in [0.3, 0.4) is 0 Å². The van der Waals surface area contributed by atoms with Gasteiger partial charge in [-0.3, -0.25) is 9.59 Å². The number of ether oxygens (including phenoxy) is 1. The maximum absolute atomic E-state index is 12.4. The number of carbonyl (C=O) groups is 3. The van der Waals surface area contributed by atoms with Crippen molar-refractivity contribution < 1.29 is 19.1 Å². The van der Waals surface area contributed by atoms with Crippen LogP contribution in [-0.4, -0.2) is 30.0 Å². The second-order valence-corrected chi connectivity index (χ2v) is 6.69. The molecule has 0 radical (unpaired) electrons. The van der Waals surface area contributed by atoms with Gasteiger partial charge >= 0.3 is 5.97 Å². The molecule has 6 heteroatoms. The first-order valence-electron chi connectivity index (χ1n) is 8.33. The van der Waals surface area contributed by atoms with Crippen LogP contribution in [0.1, 0.15) is 29.8 Å². The Kier molecular flexibility index (Phi) is 7.37. The number of ketones is 1. The molecular weight excluding hydrogens is 362 g/mol. The molecule has 1 amide bonds. The Hall–Kier alpha value is -2.86. The van der Waals surface area contributed by atoms with E-state index in [9.17, 15) is 14.4 Å². The number of Topliss-reactive ketones (excluding diaryl/α,β-unsaturated/α-hetero) is 1. The number of thioether (sulfide) groups is 1. The molecule has 2 aromatic carbocycles. The van der Waals surface area contributed by atoms with E-state index in [2.05, 4.69) is 5.32 Å². The van der Waals surface area contributed by atoms with Crippen molar-refractivity contribution in [2.45, 2.75) is 24.8 Å². The smallest absolute Gasteiger partial charge is 0.331 e. The highest BCUT2D eigenvalue weighted by Crippen LogP contribution is 2.16. The van der Waals surface area contributed by atoms with Crippen LogP contribution < -0.4 is 5.32 Å². The van der Waals surface area contributed by atoms with E-state index in [-0.39, 0.29) is 11.7 Å². The number of benzene rings is 2. The van der Waals surface area contributed by atoms with Gasteiger partial charge in [0.2, 0.25) is 11.7 Å². The lowest BCUT2D eigenvalue weighted by Gasteiger charge is -2.11. The van der Waals surface area contributed by atoms with Gasteiger partial charge in [0.15, 0.2) is 6.10 Å². The third-order valence-electron chi connectivity index (χ3n) is 3.68. The van der Waals surface area contributed by atoms with E-state index in [4.69, 9.17) is 4.74 Å². The minimum absolute atomic E-state index is 0.189. The summed E-state index contributed by atoms with van der Waals surface area (Å²) in [6.07, 6.45) is 4.03.